The first-order chi connectivity index (χ1) is 34.0. The van der Waals surface area contributed by atoms with Crippen LogP contribution >= 0.6 is 15.5 Å². The highest BCUT2D eigenvalue weighted by Gasteiger charge is 2.57. The minimum absolute atomic E-state index is 0.0498. The van der Waals surface area contributed by atoms with E-state index in [-0.39, 0.29) is 37.2 Å². The molecule has 7 rings (SSSR count). The Morgan fingerprint density at radius 3 is 1.35 bits per heavy atom. The van der Waals surface area contributed by atoms with Crippen LogP contribution in [0.1, 0.15) is 65.8 Å². The summed E-state index contributed by atoms with van der Waals surface area (Å²) in [6.45, 7) is 3.07. The third-order valence-electron chi connectivity index (χ3n) is 12.0. The number of carbonyl (C=O) groups excluding carboxylic acids is 2. The van der Waals surface area contributed by atoms with Crippen molar-refractivity contribution in [2.45, 2.75) is 126 Å². The number of ether oxygens (including phenoxy) is 4. The zero-order chi connectivity index (χ0) is 52.2. The second-order valence-corrected chi connectivity index (χ2v) is 21.0. The molecule has 12 atom stereocenters. The molecule has 4 heterocycles. The molecule has 1 aliphatic carbocycles. The van der Waals surface area contributed by atoms with Crippen molar-refractivity contribution in [3.63, 3.8) is 0 Å². The number of aromatic amines is 2. The van der Waals surface area contributed by atoms with Gasteiger partial charge in [-0.2, -0.15) is 10.2 Å². The van der Waals surface area contributed by atoms with E-state index in [1.165, 1.54) is 38.1 Å². The minimum atomic E-state index is -4.57. The summed E-state index contributed by atoms with van der Waals surface area (Å²) in [7, 11) is -9.15. The molecule has 3 aliphatic rings. The quantitative estimate of drug-likeness (QED) is 0.0547. The molecule has 28 heteroatoms. The predicted octanol–water partition coefficient (Wildman–Crippen LogP) is 2.82. The van der Waals surface area contributed by atoms with Gasteiger partial charge in [0.25, 0.3) is 11.1 Å². The highest BCUT2D eigenvalue weighted by Crippen LogP contribution is 2.49. The van der Waals surface area contributed by atoms with Crippen LogP contribution in [0.25, 0.3) is 0 Å². The van der Waals surface area contributed by atoms with Crippen LogP contribution in [-0.2, 0) is 46.7 Å². The standard InChI is InChI=1S/C44H54F2N6O18P2/c1-25(49-71(61,69-29-11-7-5-8-12-29)63-23-31-35(55)43(3,45)39(67-31)51-21-19-33(53)47-41(51)59)37(57)65-27-15-17-28(18-16-27)66-38(58)26(2)50-72(62,70-30-13-9-6-10-14-30)64-24-32-36(56)44(4,46)40(68-32)52-22-20-34(54)48-42(52)60/h5-14,19-22,25-28,31-32,35-36,39-40,55-56H,15-18,23-24H2,1-4H3,(H,49,61)(H,50,62)(H,47,53,59)(H,48,54,60)/t25-,26-,27?,28?,31+,32+,35+,36+,39+,40+,43+,44+,71?,72?/m0/s1. The zero-order valence-electron chi connectivity index (χ0n) is 39.1. The topological polar surface area (TPSA) is 316 Å². The van der Waals surface area contributed by atoms with Crippen molar-refractivity contribution in [2.75, 3.05) is 13.2 Å². The molecule has 0 bridgehead atoms. The Bertz CT molecular complexity index is 2690. The molecule has 6 N–H and O–H groups in total. The maximum Gasteiger partial charge on any atom is 0.459 e. The zero-order valence-corrected chi connectivity index (χ0v) is 40.9. The van der Waals surface area contributed by atoms with Gasteiger partial charge in [-0.15, -0.1) is 0 Å². The third-order valence-corrected chi connectivity index (χ3v) is 15.3. The molecule has 4 aromatic rings. The predicted molar refractivity (Wildman–Crippen MR) is 246 cm³/mol. The fourth-order valence-corrected chi connectivity index (χ4v) is 11.1. The van der Waals surface area contributed by atoms with E-state index in [2.05, 4.69) is 10.2 Å². The van der Waals surface area contributed by atoms with E-state index >= 15 is 8.78 Å². The van der Waals surface area contributed by atoms with E-state index in [0.717, 1.165) is 47.5 Å². The molecular weight excluding hydrogens is 1000 g/mol. The van der Waals surface area contributed by atoms with Crippen LogP contribution in [0.4, 0.5) is 8.78 Å². The largest absolute Gasteiger partial charge is 0.461 e. The number of aliphatic hydroxyl groups excluding tert-OH is 2. The number of halogens is 2. The molecule has 2 unspecified atom stereocenters. The van der Waals surface area contributed by atoms with Gasteiger partial charge in [-0.3, -0.25) is 47.3 Å². The Kier molecular flexibility index (Phi) is 16.7. The Morgan fingerprint density at radius 2 is 1.01 bits per heavy atom. The molecule has 3 fully saturated rings. The summed E-state index contributed by atoms with van der Waals surface area (Å²) < 4.78 is 107. The average Bonchev–Trinajstić information content (AvgIpc) is 3.69. The molecule has 24 nitrogen and oxygen atoms in total. The van der Waals surface area contributed by atoms with Crippen LogP contribution < -0.4 is 41.7 Å². The van der Waals surface area contributed by atoms with Gasteiger partial charge in [0.15, 0.2) is 23.8 Å². The maximum absolute atomic E-state index is 15.9. The molecule has 0 radical (unpaired) electrons. The van der Waals surface area contributed by atoms with Crippen molar-refractivity contribution in [1.82, 2.24) is 29.3 Å². The first kappa shape index (κ1) is 54.1. The van der Waals surface area contributed by atoms with Crippen molar-refractivity contribution in [3.05, 3.63) is 127 Å². The van der Waals surface area contributed by atoms with Gasteiger partial charge in [0.2, 0.25) is 0 Å². The number of nitrogens with zero attached hydrogens (tertiary/aromatic N) is 2. The smallest absolute Gasteiger partial charge is 0.459 e. The van der Waals surface area contributed by atoms with Crippen LogP contribution in [0, 0.1) is 0 Å². The van der Waals surface area contributed by atoms with Gasteiger partial charge in [-0.25, -0.2) is 27.5 Å². The van der Waals surface area contributed by atoms with Crippen LogP contribution in [-0.4, -0.2) is 115 Å². The number of rotatable bonds is 20. The number of nitrogens with one attached hydrogen (secondary N) is 4. The van der Waals surface area contributed by atoms with Crippen molar-refractivity contribution in [1.29, 1.82) is 0 Å². The lowest BCUT2D eigenvalue weighted by Crippen LogP contribution is -2.44. The van der Waals surface area contributed by atoms with Gasteiger partial charge in [0.1, 0.15) is 60.2 Å². The molecule has 72 heavy (non-hydrogen) atoms. The monoisotopic (exact) mass is 1050 g/mol. The molecule has 0 spiro atoms. The molecule has 2 aromatic heterocycles. The van der Waals surface area contributed by atoms with Gasteiger partial charge in [0.05, 0.1) is 13.2 Å². The second-order valence-electron chi connectivity index (χ2n) is 17.6. The molecule has 2 aromatic carbocycles. The highest BCUT2D eigenvalue weighted by atomic mass is 31.2. The number of H-pyrrole nitrogens is 2. The summed E-state index contributed by atoms with van der Waals surface area (Å²) >= 11 is 0. The van der Waals surface area contributed by atoms with Gasteiger partial charge < -0.3 is 38.2 Å². The number of carbonyl (C=O) groups is 2. The maximum atomic E-state index is 15.9. The number of aliphatic hydroxyl groups is 2. The number of esters is 2. The molecular formula is C44H54F2N6O18P2. The van der Waals surface area contributed by atoms with Crippen molar-refractivity contribution in [2.24, 2.45) is 0 Å². The highest BCUT2D eigenvalue weighted by molar-refractivity contribution is 7.52. The Hall–Kier alpha value is -5.66. The van der Waals surface area contributed by atoms with E-state index in [9.17, 15) is 48.1 Å². The number of hydrogen-bond donors (Lipinski definition) is 6. The van der Waals surface area contributed by atoms with Crippen LogP contribution in [0.3, 0.4) is 0 Å². The number of alkyl halides is 2. The summed E-state index contributed by atoms with van der Waals surface area (Å²) in [5, 5.41) is 26.7. The number of benzene rings is 2. The van der Waals surface area contributed by atoms with Crippen molar-refractivity contribution in [3.8, 4) is 11.5 Å². The fraction of sp³-hybridized carbons (Fsp3) is 0.500. The first-order valence-electron chi connectivity index (χ1n) is 22.6. The number of para-hydroxylation sites is 2. The summed E-state index contributed by atoms with van der Waals surface area (Å²) in [6, 6.07) is 14.7. The lowest BCUT2D eigenvalue weighted by atomic mass is 9.95. The average molecular weight is 1050 g/mol. The van der Waals surface area contributed by atoms with Gasteiger partial charge in [0, 0.05) is 24.5 Å². The SMILES string of the molecule is C[C@H](NP(=O)(OC[C@H]1O[C@@H](n2ccc(=O)[nH]c2=O)[C@](C)(F)[C@@H]1O)Oc1ccccc1)C(=O)OC1CCC(OC(=O)[C@H](C)NP(=O)(OC[C@H]2O[C@@H](n3ccc(=O)[nH]c3=O)[C@](C)(F)[C@@H]2O)Oc2ccccc2)CC1. The first-order valence-corrected chi connectivity index (χ1v) is 25.7. The lowest BCUT2D eigenvalue weighted by Gasteiger charge is -2.30. The Balaban J connectivity index is 0.922. The fourth-order valence-electron chi connectivity index (χ4n) is 8.07. The second kappa shape index (κ2) is 22.2. The molecule has 1 saturated carbocycles. The van der Waals surface area contributed by atoms with Crippen LogP contribution in [0.2, 0.25) is 0 Å². The Morgan fingerprint density at radius 1 is 0.667 bits per heavy atom. The minimum Gasteiger partial charge on any atom is -0.461 e. The molecule has 2 saturated heterocycles. The summed E-state index contributed by atoms with van der Waals surface area (Å²) in [6.07, 6.45) is -8.87. The van der Waals surface area contributed by atoms with Gasteiger partial charge >= 0.3 is 38.8 Å². The van der Waals surface area contributed by atoms with E-state index in [4.69, 9.17) is 37.0 Å². The summed E-state index contributed by atoms with van der Waals surface area (Å²) in [5.41, 5.74) is -8.70. The van der Waals surface area contributed by atoms with Crippen molar-refractivity contribution < 1.29 is 74.8 Å². The molecule has 2 aliphatic heterocycles. The van der Waals surface area contributed by atoms with Gasteiger partial charge in [-0.1, -0.05) is 36.4 Å². The van der Waals surface area contributed by atoms with Crippen molar-refractivity contribution >= 4 is 27.4 Å². The Labute approximate surface area is 408 Å². The number of aromatic nitrogens is 4. The van der Waals surface area contributed by atoms with E-state index in [1.807, 2.05) is 9.97 Å². The third kappa shape index (κ3) is 12.7. The van der Waals surface area contributed by atoms with Crippen LogP contribution in [0.5, 0.6) is 11.5 Å². The van der Waals surface area contributed by atoms with E-state index in [1.54, 1.807) is 36.4 Å². The van der Waals surface area contributed by atoms with E-state index < -0.39 is 136 Å². The van der Waals surface area contributed by atoms with E-state index in [0.29, 0.717) is 0 Å². The normalized spacial score (nSPS) is 29.8. The van der Waals surface area contributed by atoms with Crippen LogP contribution in [0.15, 0.2) is 104 Å². The van der Waals surface area contributed by atoms with Gasteiger partial charge in [-0.05, 0) is 77.6 Å². The lowest BCUT2D eigenvalue weighted by molar-refractivity contribution is -0.159. The number of hydrogen-bond acceptors (Lipinski definition) is 18. The summed E-state index contributed by atoms with van der Waals surface area (Å²) in [4.78, 5) is 78.8. The summed E-state index contributed by atoms with van der Waals surface area (Å²) in [5.74, 6) is -1.65. The molecule has 0 amide bonds. The molecule has 392 valence electrons.